The summed E-state index contributed by atoms with van der Waals surface area (Å²) in [5, 5.41) is 12.3. The van der Waals surface area contributed by atoms with Gasteiger partial charge in [-0.3, -0.25) is 4.79 Å². The average molecular weight is 281 g/mol. The van der Waals surface area contributed by atoms with Crippen molar-refractivity contribution >= 4 is 5.97 Å². The molecule has 0 amide bonds. The van der Waals surface area contributed by atoms with Gasteiger partial charge in [-0.25, -0.2) is 4.98 Å². The van der Waals surface area contributed by atoms with Crippen molar-refractivity contribution in [3.8, 4) is 0 Å². The first kappa shape index (κ1) is 16.7. The van der Waals surface area contributed by atoms with Crippen LogP contribution >= 0.6 is 0 Å². The summed E-state index contributed by atoms with van der Waals surface area (Å²) >= 11 is 0. The van der Waals surface area contributed by atoms with Crippen LogP contribution in [0.15, 0.2) is 12.5 Å². The van der Waals surface area contributed by atoms with E-state index in [4.69, 9.17) is 0 Å². The van der Waals surface area contributed by atoms with Crippen LogP contribution in [-0.4, -0.2) is 34.2 Å². The number of rotatable bonds is 10. The van der Waals surface area contributed by atoms with Gasteiger partial charge in [0.1, 0.15) is 0 Å². The molecule has 5 nitrogen and oxygen atoms in total. The topological polar surface area (TPSA) is 67.2 Å². The van der Waals surface area contributed by atoms with E-state index in [0.29, 0.717) is 18.8 Å². The van der Waals surface area contributed by atoms with Crippen LogP contribution in [-0.2, 0) is 17.8 Å². The van der Waals surface area contributed by atoms with Crippen molar-refractivity contribution in [3.05, 3.63) is 18.2 Å². The molecule has 0 bridgehead atoms. The highest BCUT2D eigenvalue weighted by molar-refractivity contribution is 5.70. The van der Waals surface area contributed by atoms with Crippen molar-refractivity contribution in [1.29, 1.82) is 0 Å². The Kier molecular flexibility index (Phi) is 7.30. The number of aliphatic carboxylic acids is 1. The third kappa shape index (κ3) is 6.19. The molecule has 0 aliphatic carbocycles. The van der Waals surface area contributed by atoms with Gasteiger partial charge in [-0.1, -0.05) is 13.8 Å². The molecule has 20 heavy (non-hydrogen) atoms. The molecule has 0 saturated carbocycles. The summed E-state index contributed by atoms with van der Waals surface area (Å²) in [7, 11) is 1.88. The van der Waals surface area contributed by atoms with Crippen LogP contribution < -0.4 is 5.32 Å². The number of nitrogens with one attached hydrogen (secondary N) is 1. The smallest absolute Gasteiger partial charge is 0.306 e. The summed E-state index contributed by atoms with van der Waals surface area (Å²) in [6.45, 7) is 6.19. The zero-order chi connectivity index (χ0) is 15.0. The Bertz CT molecular complexity index is 402. The number of carbonyl (C=O) groups is 1. The minimum Gasteiger partial charge on any atom is -0.481 e. The molecule has 1 aromatic rings. The van der Waals surface area contributed by atoms with Gasteiger partial charge in [-0.05, 0) is 38.8 Å². The maximum absolute atomic E-state index is 11.3. The number of aromatic nitrogens is 2. The predicted molar refractivity (Wildman–Crippen MR) is 79.7 cm³/mol. The van der Waals surface area contributed by atoms with Gasteiger partial charge in [-0.15, -0.1) is 0 Å². The van der Waals surface area contributed by atoms with Gasteiger partial charge in [-0.2, -0.15) is 0 Å². The number of nitrogens with zero attached hydrogens (tertiary/aromatic N) is 2. The molecule has 0 fully saturated rings. The van der Waals surface area contributed by atoms with E-state index in [2.05, 4.69) is 28.7 Å². The van der Waals surface area contributed by atoms with Crippen LogP contribution in [0.25, 0.3) is 0 Å². The van der Waals surface area contributed by atoms with Crippen LogP contribution in [0.2, 0.25) is 0 Å². The van der Waals surface area contributed by atoms with E-state index in [1.807, 2.05) is 19.6 Å². The van der Waals surface area contributed by atoms with Crippen molar-refractivity contribution in [2.24, 2.45) is 11.8 Å². The van der Waals surface area contributed by atoms with Gasteiger partial charge in [0.05, 0.1) is 17.9 Å². The van der Waals surface area contributed by atoms with E-state index < -0.39 is 5.97 Å². The Balaban J connectivity index is 2.49. The molecule has 1 unspecified atom stereocenters. The van der Waals surface area contributed by atoms with Crippen LogP contribution in [0, 0.1) is 11.8 Å². The molecule has 114 valence electrons. The number of carboxylic acid groups (broad SMARTS) is 1. The first-order valence-corrected chi connectivity index (χ1v) is 7.41. The van der Waals surface area contributed by atoms with Gasteiger partial charge >= 0.3 is 5.97 Å². The van der Waals surface area contributed by atoms with Crippen molar-refractivity contribution in [3.63, 3.8) is 0 Å². The average Bonchev–Trinajstić information content (AvgIpc) is 2.83. The SMILES string of the molecule is CNCCCC(Cc1cn(CCC(C)C)cn1)C(=O)O. The minimum atomic E-state index is -0.724. The molecule has 1 atom stereocenters. The van der Waals surface area contributed by atoms with Crippen molar-refractivity contribution in [2.45, 2.75) is 46.1 Å². The van der Waals surface area contributed by atoms with E-state index in [1.165, 1.54) is 0 Å². The van der Waals surface area contributed by atoms with E-state index in [0.717, 1.165) is 31.6 Å². The molecule has 5 heteroatoms. The first-order chi connectivity index (χ1) is 9.52. The standard InChI is InChI=1S/C15H27N3O2/c1-12(2)6-8-18-10-14(17-11-18)9-13(15(19)20)5-4-7-16-3/h10-13,16H,4-9H2,1-3H3,(H,19,20). The van der Waals surface area contributed by atoms with Gasteiger partial charge in [0.25, 0.3) is 0 Å². The Labute approximate surface area is 121 Å². The number of imidazole rings is 1. The minimum absolute atomic E-state index is 0.336. The fourth-order valence-electron chi connectivity index (χ4n) is 2.13. The van der Waals surface area contributed by atoms with E-state index in [-0.39, 0.29) is 5.92 Å². The second-order valence-electron chi connectivity index (χ2n) is 5.77. The summed E-state index contributed by atoms with van der Waals surface area (Å²) in [6, 6.07) is 0. The van der Waals surface area contributed by atoms with Crippen molar-refractivity contribution in [1.82, 2.24) is 14.9 Å². The number of hydrogen-bond acceptors (Lipinski definition) is 3. The summed E-state index contributed by atoms with van der Waals surface area (Å²) in [5.74, 6) is -0.399. The highest BCUT2D eigenvalue weighted by Crippen LogP contribution is 2.14. The lowest BCUT2D eigenvalue weighted by atomic mass is 9.98. The second-order valence-corrected chi connectivity index (χ2v) is 5.77. The lowest BCUT2D eigenvalue weighted by Gasteiger charge is -2.10. The Morgan fingerprint density at radius 3 is 2.80 bits per heavy atom. The molecule has 1 rings (SSSR count). The molecule has 0 aliphatic rings. The third-order valence-electron chi connectivity index (χ3n) is 3.44. The molecule has 0 saturated heterocycles. The Hall–Kier alpha value is -1.36. The summed E-state index contributed by atoms with van der Waals surface area (Å²) in [4.78, 5) is 15.6. The maximum atomic E-state index is 11.3. The van der Waals surface area contributed by atoms with Crippen molar-refractivity contribution in [2.75, 3.05) is 13.6 Å². The second kappa shape index (κ2) is 8.74. The predicted octanol–water partition coefficient (Wildman–Crippen LogP) is 2.17. The Morgan fingerprint density at radius 2 is 2.20 bits per heavy atom. The number of carboxylic acids is 1. The molecule has 0 aliphatic heterocycles. The lowest BCUT2D eigenvalue weighted by Crippen LogP contribution is -2.19. The normalized spacial score (nSPS) is 12.8. The van der Waals surface area contributed by atoms with Crippen LogP contribution in [0.4, 0.5) is 0 Å². The molecular formula is C15H27N3O2. The molecule has 0 aromatic carbocycles. The lowest BCUT2D eigenvalue weighted by molar-refractivity contribution is -0.142. The van der Waals surface area contributed by atoms with Gasteiger partial charge in [0.15, 0.2) is 0 Å². The van der Waals surface area contributed by atoms with Crippen LogP contribution in [0.5, 0.6) is 0 Å². The zero-order valence-electron chi connectivity index (χ0n) is 12.8. The monoisotopic (exact) mass is 281 g/mol. The number of hydrogen-bond donors (Lipinski definition) is 2. The van der Waals surface area contributed by atoms with Crippen LogP contribution in [0.1, 0.15) is 38.8 Å². The summed E-state index contributed by atoms with van der Waals surface area (Å²) in [6.07, 6.45) is 6.99. The summed E-state index contributed by atoms with van der Waals surface area (Å²) in [5.41, 5.74) is 0.880. The third-order valence-corrected chi connectivity index (χ3v) is 3.44. The van der Waals surface area contributed by atoms with Gasteiger partial charge in [0, 0.05) is 19.2 Å². The maximum Gasteiger partial charge on any atom is 0.306 e. The van der Waals surface area contributed by atoms with E-state index in [1.54, 1.807) is 0 Å². The fourth-order valence-corrected chi connectivity index (χ4v) is 2.13. The molecule has 2 N–H and O–H groups in total. The van der Waals surface area contributed by atoms with Gasteiger partial charge < -0.3 is 15.0 Å². The molecular weight excluding hydrogens is 254 g/mol. The first-order valence-electron chi connectivity index (χ1n) is 7.41. The van der Waals surface area contributed by atoms with Gasteiger partial charge in [0.2, 0.25) is 0 Å². The highest BCUT2D eigenvalue weighted by Gasteiger charge is 2.18. The summed E-state index contributed by atoms with van der Waals surface area (Å²) < 4.78 is 2.06. The van der Waals surface area contributed by atoms with E-state index in [9.17, 15) is 9.90 Å². The molecule has 1 aromatic heterocycles. The van der Waals surface area contributed by atoms with Crippen molar-refractivity contribution < 1.29 is 9.90 Å². The molecule has 0 radical (unpaired) electrons. The molecule has 1 heterocycles. The zero-order valence-corrected chi connectivity index (χ0v) is 12.8. The van der Waals surface area contributed by atoms with E-state index >= 15 is 0 Å². The quantitative estimate of drug-likeness (QED) is 0.645. The number of aryl methyl sites for hydroxylation is 1. The fraction of sp³-hybridized carbons (Fsp3) is 0.733. The Morgan fingerprint density at radius 1 is 1.45 bits per heavy atom. The van der Waals surface area contributed by atoms with Crippen LogP contribution in [0.3, 0.4) is 0 Å². The largest absolute Gasteiger partial charge is 0.481 e. The molecule has 0 spiro atoms. The highest BCUT2D eigenvalue weighted by atomic mass is 16.4.